The maximum absolute atomic E-state index is 9.17. The Morgan fingerprint density at radius 2 is 1.94 bits per heavy atom. The Morgan fingerprint density at radius 1 is 1.22 bits per heavy atom. The van der Waals surface area contributed by atoms with Crippen molar-refractivity contribution in [3.63, 3.8) is 0 Å². The maximum atomic E-state index is 9.17. The number of aromatic hydroxyl groups is 1. The van der Waals surface area contributed by atoms with Gasteiger partial charge in [0.25, 0.3) is 0 Å². The molecule has 94 valence electrons. The molecule has 1 aromatic heterocycles. The van der Waals surface area contributed by atoms with E-state index >= 15 is 0 Å². The van der Waals surface area contributed by atoms with Crippen LogP contribution in [0.3, 0.4) is 0 Å². The van der Waals surface area contributed by atoms with Crippen LogP contribution in [0.25, 0.3) is 0 Å². The van der Waals surface area contributed by atoms with Crippen LogP contribution in [0.4, 0.5) is 11.8 Å². The molecule has 0 radical (unpaired) electrons. The number of aromatic nitrogens is 2. The third-order valence-electron chi connectivity index (χ3n) is 2.35. The third-order valence-corrected chi connectivity index (χ3v) is 2.75. The number of rotatable bonds is 4. The van der Waals surface area contributed by atoms with Gasteiger partial charge >= 0.3 is 0 Å². The van der Waals surface area contributed by atoms with E-state index in [4.69, 9.17) is 10.8 Å². The van der Waals surface area contributed by atoms with Gasteiger partial charge in [0, 0.05) is 12.6 Å². The lowest BCUT2D eigenvalue weighted by molar-refractivity contribution is 0.475. The molecule has 0 unspecified atom stereocenters. The molecule has 0 aliphatic rings. The van der Waals surface area contributed by atoms with E-state index in [9.17, 15) is 0 Å². The number of hydrogen-bond donors (Lipinski definition) is 3. The average Bonchev–Trinajstić information content (AvgIpc) is 2.30. The lowest BCUT2D eigenvalue weighted by Crippen LogP contribution is -2.09. The molecule has 0 saturated heterocycles. The van der Waals surface area contributed by atoms with E-state index in [-0.39, 0.29) is 5.75 Å². The minimum absolute atomic E-state index is 0.273. The molecular weight excluding hydrogens is 296 g/mol. The van der Waals surface area contributed by atoms with Crippen molar-refractivity contribution in [1.82, 2.24) is 9.97 Å². The topological polar surface area (TPSA) is 84.1 Å². The SMILES string of the molecule is Nc1cc(Br)nc(NCCc2ccc(O)cc2)n1. The van der Waals surface area contributed by atoms with Crippen molar-refractivity contribution in [2.45, 2.75) is 6.42 Å². The Labute approximate surface area is 113 Å². The van der Waals surface area contributed by atoms with E-state index < -0.39 is 0 Å². The van der Waals surface area contributed by atoms with Gasteiger partial charge in [0.05, 0.1) is 0 Å². The zero-order valence-electron chi connectivity index (χ0n) is 9.60. The van der Waals surface area contributed by atoms with Crippen molar-refractivity contribution in [2.24, 2.45) is 0 Å². The number of benzene rings is 1. The van der Waals surface area contributed by atoms with E-state index in [0.29, 0.717) is 22.9 Å². The first-order valence-electron chi connectivity index (χ1n) is 5.45. The molecule has 2 aromatic rings. The fraction of sp³-hybridized carbons (Fsp3) is 0.167. The molecule has 0 saturated carbocycles. The highest BCUT2D eigenvalue weighted by Gasteiger charge is 2.00. The quantitative estimate of drug-likeness (QED) is 0.754. The Morgan fingerprint density at radius 3 is 2.61 bits per heavy atom. The zero-order valence-corrected chi connectivity index (χ0v) is 11.2. The van der Waals surface area contributed by atoms with E-state index in [1.54, 1.807) is 18.2 Å². The van der Waals surface area contributed by atoms with Crippen LogP contribution in [0.1, 0.15) is 5.56 Å². The van der Waals surface area contributed by atoms with Gasteiger partial charge in [0.2, 0.25) is 5.95 Å². The van der Waals surface area contributed by atoms with Gasteiger partial charge in [-0.15, -0.1) is 0 Å². The second kappa shape index (κ2) is 5.68. The minimum atomic E-state index is 0.273. The molecular formula is C12H13BrN4O. The fourth-order valence-corrected chi connectivity index (χ4v) is 1.90. The van der Waals surface area contributed by atoms with Crippen molar-refractivity contribution >= 4 is 27.7 Å². The van der Waals surface area contributed by atoms with Gasteiger partial charge in [-0.1, -0.05) is 12.1 Å². The van der Waals surface area contributed by atoms with Gasteiger partial charge in [0.1, 0.15) is 16.2 Å². The normalized spacial score (nSPS) is 10.3. The highest BCUT2D eigenvalue weighted by atomic mass is 79.9. The van der Waals surface area contributed by atoms with Crippen molar-refractivity contribution in [2.75, 3.05) is 17.6 Å². The second-order valence-electron chi connectivity index (χ2n) is 3.78. The largest absolute Gasteiger partial charge is 0.508 e. The van der Waals surface area contributed by atoms with E-state index in [0.717, 1.165) is 12.0 Å². The summed E-state index contributed by atoms with van der Waals surface area (Å²) < 4.78 is 0.655. The van der Waals surface area contributed by atoms with Crippen molar-refractivity contribution in [1.29, 1.82) is 0 Å². The van der Waals surface area contributed by atoms with E-state index in [1.807, 2.05) is 12.1 Å². The number of halogens is 1. The number of hydrogen-bond acceptors (Lipinski definition) is 5. The molecule has 0 bridgehead atoms. The first-order valence-corrected chi connectivity index (χ1v) is 6.24. The zero-order chi connectivity index (χ0) is 13.0. The van der Waals surface area contributed by atoms with Gasteiger partial charge in [-0.25, -0.2) is 4.98 Å². The third kappa shape index (κ3) is 3.59. The van der Waals surface area contributed by atoms with Gasteiger partial charge in [-0.2, -0.15) is 4.98 Å². The Bertz CT molecular complexity index is 510. The predicted molar refractivity (Wildman–Crippen MR) is 74.4 cm³/mol. The summed E-state index contributed by atoms with van der Waals surface area (Å²) >= 11 is 3.26. The van der Waals surface area contributed by atoms with E-state index in [1.165, 1.54) is 0 Å². The van der Waals surface area contributed by atoms with E-state index in [2.05, 4.69) is 31.2 Å². The summed E-state index contributed by atoms with van der Waals surface area (Å²) in [5.41, 5.74) is 6.74. The lowest BCUT2D eigenvalue weighted by atomic mass is 10.1. The van der Waals surface area contributed by atoms with Gasteiger partial charge in [-0.3, -0.25) is 0 Å². The van der Waals surface area contributed by atoms with Gasteiger partial charge < -0.3 is 16.2 Å². The number of nitrogens with one attached hydrogen (secondary N) is 1. The molecule has 0 spiro atoms. The summed E-state index contributed by atoms with van der Waals surface area (Å²) in [4.78, 5) is 8.22. The predicted octanol–water partition coefficient (Wildman–Crippen LogP) is 2.18. The molecule has 0 fully saturated rings. The Kier molecular flexibility index (Phi) is 3.99. The molecule has 0 atom stereocenters. The number of phenols is 1. The second-order valence-corrected chi connectivity index (χ2v) is 4.59. The van der Waals surface area contributed by atoms with Crippen LogP contribution in [-0.4, -0.2) is 21.6 Å². The maximum Gasteiger partial charge on any atom is 0.225 e. The summed E-state index contributed by atoms with van der Waals surface area (Å²) in [6.45, 7) is 0.695. The lowest BCUT2D eigenvalue weighted by Gasteiger charge is -2.06. The summed E-state index contributed by atoms with van der Waals surface area (Å²) in [7, 11) is 0. The van der Waals surface area contributed by atoms with Crippen LogP contribution in [0.2, 0.25) is 0 Å². The highest BCUT2D eigenvalue weighted by molar-refractivity contribution is 9.10. The first-order chi connectivity index (χ1) is 8.63. The number of anilines is 2. The summed E-state index contributed by atoms with van der Waals surface area (Å²) in [5.74, 6) is 1.19. The van der Waals surface area contributed by atoms with Crippen molar-refractivity contribution in [3.05, 3.63) is 40.5 Å². The molecule has 2 rings (SSSR count). The van der Waals surface area contributed by atoms with Gasteiger partial charge in [0.15, 0.2) is 0 Å². The Hall–Kier alpha value is -1.82. The summed E-state index contributed by atoms with van der Waals surface area (Å²) in [5, 5.41) is 12.3. The van der Waals surface area contributed by atoms with Crippen LogP contribution in [0.15, 0.2) is 34.9 Å². The molecule has 4 N–H and O–H groups in total. The summed E-state index contributed by atoms with van der Waals surface area (Å²) in [6.07, 6.45) is 0.816. The average molecular weight is 309 g/mol. The molecule has 5 nitrogen and oxygen atoms in total. The molecule has 0 aliphatic heterocycles. The molecule has 6 heteroatoms. The van der Waals surface area contributed by atoms with Crippen molar-refractivity contribution in [3.8, 4) is 5.75 Å². The molecule has 0 aliphatic carbocycles. The molecule has 0 amide bonds. The number of phenolic OH excluding ortho intramolecular Hbond substituents is 1. The van der Waals surface area contributed by atoms with Crippen LogP contribution < -0.4 is 11.1 Å². The number of nitrogens with two attached hydrogens (primary N) is 1. The monoisotopic (exact) mass is 308 g/mol. The van der Waals surface area contributed by atoms with Gasteiger partial charge in [-0.05, 0) is 40.0 Å². The summed E-state index contributed by atoms with van der Waals surface area (Å²) in [6, 6.07) is 8.75. The van der Waals surface area contributed by atoms with Crippen LogP contribution in [-0.2, 0) is 6.42 Å². The van der Waals surface area contributed by atoms with Crippen molar-refractivity contribution < 1.29 is 5.11 Å². The molecule has 18 heavy (non-hydrogen) atoms. The minimum Gasteiger partial charge on any atom is -0.508 e. The molecule has 1 aromatic carbocycles. The fourth-order valence-electron chi connectivity index (χ4n) is 1.50. The van der Waals surface area contributed by atoms with Crippen LogP contribution in [0.5, 0.6) is 5.75 Å². The smallest absolute Gasteiger partial charge is 0.225 e. The Balaban J connectivity index is 1.90. The number of nitrogen functional groups attached to an aromatic ring is 1. The van der Waals surface area contributed by atoms with Crippen LogP contribution >= 0.6 is 15.9 Å². The standard InChI is InChI=1S/C12H13BrN4O/c13-10-7-11(14)17-12(16-10)15-6-5-8-1-3-9(18)4-2-8/h1-4,7,18H,5-6H2,(H3,14,15,16,17). The highest BCUT2D eigenvalue weighted by Crippen LogP contribution is 2.13. The van der Waals surface area contributed by atoms with Crippen LogP contribution in [0, 0.1) is 0 Å². The first kappa shape index (κ1) is 12.6. The number of nitrogens with zero attached hydrogens (tertiary/aromatic N) is 2. The molecule has 1 heterocycles.